The van der Waals surface area contributed by atoms with Crippen molar-refractivity contribution in [1.29, 1.82) is 0 Å². The predicted molar refractivity (Wildman–Crippen MR) is 245 cm³/mol. The summed E-state index contributed by atoms with van der Waals surface area (Å²) in [5, 5.41) is 5.04. The van der Waals surface area contributed by atoms with Gasteiger partial charge in [0.25, 0.3) is 5.65 Å². The molecule has 0 saturated heterocycles. The third-order valence-corrected chi connectivity index (χ3v) is 13.5. The SMILES string of the molecule is c1ccc(-c2nc(-c3ccccc3)nc(-c3ccc4c(c3)sc3cccc(-c5ccccc5-c5cn6ccccc6[n+]5-c5cccc6c5sc5ccccc56)c34)n2)cc1. The first-order valence-corrected chi connectivity index (χ1v) is 21.2. The molecular weight excluding hydrogens is 759 g/mol. The van der Waals surface area contributed by atoms with Crippen LogP contribution in [0.3, 0.4) is 0 Å². The Morgan fingerprint density at radius 3 is 1.85 bits per heavy atom. The molecule has 7 heteroatoms. The first-order chi connectivity index (χ1) is 29.2. The Labute approximate surface area is 347 Å². The highest BCUT2D eigenvalue weighted by atomic mass is 32.1. The number of pyridine rings is 1. The van der Waals surface area contributed by atoms with E-state index in [2.05, 4.69) is 143 Å². The molecule has 0 fully saturated rings. The largest absolute Gasteiger partial charge is 0.291 e. The van der Waals surface area contributed by atoms with Crippen molar-refractivity contribution in [2.75, 3.05) is 0 Å². The van der Waals surface area contributed by atoms with E-state index in [4.69, 9.17) is 15.0 Å². The highest BCUT2D eigenvalue weighted by Crippen LogP contribution is 2.44. The molecule has 0 N–H and O–H groups in total. The molecule has 12 aromatic rings. The first kappa shape index (κ1) is 33.8. The Morgan fingerprint density at radius 2 is 1.05 bits per heavy atom. The second-order valence-corrected chi connectivity index (χ2v) is 16.8. The number of benzene rings is 7. The average molecular weight is 791 g/mol. The molecule has 0 unspecified atom stereocenters. The molecule has 12 rings (SSSR count). The summed E-state index contributed by atoms with van der Waals surface area (Å²) in [6, 6.07) is 64.4. The van der Waals surface area contributed by atoms with Crippen LogP contribution < -0.4 is 4.57 Å². The maximum absolute atomic E-state index is 5.03. The van der Waals surface area contributed by atoms with Gasteiger partial charge < -0.3 is 0 Å². The standard InChI is InChI=1S/C52H32N5S2/c1-3-15-33(16-4-1)50-53-51(34-17-5-2-6-18-34)55-52(54-50)35-28-29-41-46(31-35)58-45-26-14-22-39(48(41)45)36-19-7-8-20-37(36)43-32-56-30-12-11-27-47(56)57(43)42-24-13-23-40-38-21-9-10-25-44(38)59-49(40)42/h1-32H/q+1. The number of hydrogen-bond donors (Lipinski definition) is 0. The van der Waals surface area contributed by atoms with Crippen LogP contribution in [0.15, 0.2) is 194 Å². The van der Waals surface area contributed by atoms with Crippen molar-refractivity contribution >= 4 is 68.7 Å². The zero-order valence-corrected chi connectivity index (χ0v) is 33.2. The Morgan fingerprint density at radius 1 is 0.424 bits per heavy atom. The molecule has 0 atom stereocenters. The highest BCUT2D eigenvalue weighted by Gasteiger charge is 2.26. The van der Waals surface area contributed by atoms with Crippen LogP contribution in [0, 0.1) is 0 Å². The molecule has 0 radical (unpaired) electrons. The Bertz CT molecular complexity index is 3510. The Kier molecular flexibility index (Phi) is 7.82. The molecule has 0 spiro atoms. The second-order valence-electron chi connectivity index (χ2n) is 14.6. The topological polar surface area (TPSA) is 47.0 Å². The minimum Gasteiger partial charge on any atom is -0.208 e. The fraction of sp³-hybridized carbons (Fsp3) is 0. The molecule has 59 heavy (non-hydrogen) atoms. The van der Waals surface area contributed by atoms with Gasteiger partial charge in [-0.25, -0.2) is 19.4 Å². The van der Waals surface area contributed by atoms with Crippen molar-refractivity contribution in [2.24, 2.45) is 0 Å². The van der Waals surface area contributed by atoms with Crippen LogP contribution in [0.4, 0.5) is 0 Å². The quantitative estimate of drug-likeness (QED) is 0.158. The van der Waals surface area contributed by atoms with Crippen LogP contribution in [0.5, 0.6) is 0 Å². The van der Waals surface area contributed by atoms with Crippen molar-refractivity contribution in [1.82, 2.24) is 19.4 Å². The maximum atomic E-state index is 5.03. The Hall–Kier alpha value is -7.32. The molecule has 5 heterocycles. The van der Waals surface area contributed by atoms with Crippen LogP contribution in [-0.4, -0.2) is 19.4 Å². The fourth-order valence-corrected chi connectivity index (χ4v) is 10.9. The molecular formula is C52H32N5S2+. The van der Waals surface area contributed by atoms with E-state index in [-0.39, 0.29) is 0 Å². The molecule has 276 valence electrons. The van der Waals surface area contributed by atoms with Crippen molar-refractivity contribution in [2.45, 2.75) is 0 Å². The summed E-state index contributed by atoms with van der Waals surface area (Å²) in [5.41, 5.74) is 9.86. The lowest BCUT2D eigenvalue weighted by atomic mass is 9.94. The lowest BCUT2D eigenvalue weighted by Crippen LogP contribution is -2.32. The van der Waals surface area contributed by atoms with Crippen LogP contribution >= 0.6 is 22.7 Å². The normalized spacial score (nSPS) is 11.7. The minimum atomic E-state index is 0.654. The van der Waals surface area contributed by atoms with Crippen molar-refractivity contribution in [3.63, 3.8) is 0 Å². The number of thiophene rings is 2. The minimum absolute atomic E-state index is 0.654. The maximum Gasteiger partial charge on any atom is 0.291 e. The van der Waals surface area contributed by atoms with Crippen LogP contribution in [-0.2, 0) is 0 Å². The molecule has 0 aliphatic carbocycles. The van der Waals surface area contributed by atoms with Gasteiger partial charge in [0, 0.05) is 64.0 Å². The van der Waals surface area contributed by atoms with Gasteiger partial charge in [-0.1, -0.05) is 140 Å². The van der Waals surface area contributed by atoms with E-state index >= 15 is 0 Å². The summed E-state index contributed by atoms with van der Waals surface area (Å²) < 4.78 is 9.68. The van der Waals surface area contributed by atoms with E-state index in [0.717, 1.165) is 28.0 Å². The second kappa shape index (κ2) is 13.7. The first-order valence-electron chi connectivity index (χ1n) is 19.6. The van der Waals surface area contributed by atoms with Gasteiger partial charge in [-0.3, -0.25) is 0 Å². The van der Waals surface area contributed by atoms with E-state index in [1.165, 1.54) is 62.7 Å². The zero-order chi connectivity index (χ0) is 38.9. The van der Waals surface area contributed by atoms with Gasteiger partial charge in [0.2, 0.25) is 0 Å². The summed E-state index contributed by atoms with van der Waals surface area (Å²) in [4.78, 5) is 15.0. The number of aromatic nitrogens is 5. The number of nitrogens with zero attached hydrogens (tertiary/aromatic N) is 5. The number of hydrogen-bond acceptors (Lipinski definition) is 5. The zero-order valence-electron chi connectivity index (χ0n) is 31.5. The van der Waals surface area contributed by atoms with Gasteiger partial charge in [0.05, 0.1) is 10.9 Å². The van der Waals surface area contributed by atoms with Crippen LogP contribution in [0.1, 0.15) is 0 Å². The number of imidazole rings is 1. The van der Waals surface area contributed by atoms with E-state index in [9.17, 15) is 0 Å². The molecule has 0 aliphatic rings. The molecule has 5 aromatic heterocycles. The Balaban J connectivity index is 1.03. The summed E-state index contributed by atoms with van der Waals surface area (Å²) >= 11 is 3.67. The number of fused-ring (bicyclic) bond motifs is 7. The van der Waals surface area contributed by atoms with Crippen LogP contribution in [0.2, 0.25) is 0 Å². The number of rotatable bonds is 6. The molecule has 0 amide bonds. The summed E-state index contributed by atoms with van der Waals surface area (Å²) in [6.07, 6.45) is 4.42. The van der Waals surface area contributed by atoms with Gasteiger partial charge in [-0.2, -0.15) is 4.57 Å². The van der Waals surface area contributed by atoms with Gasteiger partial charge in [-0.15, -0.1) is 22.7 Å². The van der Waals surface area contributed by atoms with E-state index in [1.54, 1.807) is 0 Å². The predicted octanol–water partition coefficient (Wildman–Crippen LogP) is 13.5. The van der Waals surface area contributed by atoms with E-state index in [1.807, 2.05) is 83.3 Å². The van der Waals surface area contributed by atoms with Gasteiger partial charge in [-0.05, 0) is 47.5 Å². The van der Waals surface area contributed by atoms with Crippen molar-refractivity contribution in [3.8, 4) is 62.2 Å². The highest BCUT2D eigenvalue weighted by molar-refractivity contribution is 7.26. The molecule has 0 bridgehead atoms. The van der Waals surface area contributed by atoms with Gasteiger partial charge >= 0.3 is 0 Å². The fourth-order valence-electron chi connectivity index (χ4n) is 8.48. The van der Waals surface area contributed by atoms with Crippen LogP contribution in [0.25, 0.3) is 108 Å². The molecule has 0 saturated carbocycles. The molecule has 5 nitrogen and oxygen atoms in total. The lowest BCUT2D eigenvalue weighted by molar-refractivity contribution is -0.553. The monoisotopic (exact) mass is 790 g/mol. The summed E-state index contributed by atoms with van der Waals surface area (Å²) in [7, 11) is 0. The van der Waals surface area contributed by atoms with Crippen molar-refractivity contribution in [3.05, 3.63) is 194 Å². The molecule has 7 aromatic carbocycles. The smallest absolute Gasteiger partial charge is 0.208 e. The lowest BCUT2D eigenvalue weighted by Gasteiger charge is -2.11. The van der Waals surface area contributed by atoms with Gasteiger partial charge in [0.15, 0.2) is 28.9 Å². The average Bonchev–Trinajstić information content (AvgIpc) is 4.01. The molecule has 0 aliphatic heterocycles. The van der Waals surface area contributed by atoms with Gasteiger partial charge in [0.1, 0.15) is 6.20 Å². The van der Waals surface area contributed by atoms with Crippen molar-refractivity contribution < 1.29 is 4.57 Å². The third kappa shape index (κ3) is 5.58. The third-order valence-electron chi connectivity index (χ3n) is 11.2. The van der Waals surface area contributed by atoms with E-state index in [0.29, 0.717) is 17.5 Å². The van der Waals surface area contributed by atoms with E-state index < -0.39 is 0 Å². The summed E-state index contributed by atoms with van der Waals surface area (Å²) in [5.74, 6) is 1.97. The summed E-state index contributed by atoms with van der Waals surface area (Å²) in [6.45, 7) is 0.